The summed E-state index contributed by atoms with van der Waals surface area (Å²) in [6, 6.07) is 4.83. The van der Waals surface area contributed by atoms with Crippen molar-refractivity contribution in [1.29, 1.82) is 5.41 Å². The van der Waals surface area contributed by atoms with E-state index in [1.807, 2.05) is 13.8 Å². The van der Waals surface area contributed by atoms with E-state index in [-0.39, 0.29) is 30.6 Å². The molecule has 0 heterocycles. The van der Waals surface area contributed by atoms with Gasteiger partial charge in [-0.3, -0.25) is 9.59 Å². The minimum absolute atomic E-state index is 0.0195. The van der Waals surface area contributed by atoms with Crippen LogP contribution in [0, 0.1) is 5.41 Å². The van der Waals surface area contributed by atoms with E-state index < -0.39 is 0 Å². The highest BCUT2D eigenvalue weighted by Gasteiger charge is 2.13. The van der Waals surface area contributed by atoms with Gasteiger partial charge in [0.1, 0.15) is 0 Å². The van der Waals surface area contributed by atoms with E-state index in [9.17, 15) is 14.0 Å². The molecule has 6 nitrogen and oxygen atoms in total. The molecule has 0 fully saturated rings. The Balaban J connectivity index is 0.00000139. The summed E-state index contributed by atoms with van der Waals surface area (Å²) in [5.41, 5.74) is 7.58. The van der Waals surface area contributed by atoms with Crippen molar-refractivity contribution in [2.75, 3.05) is 25.4 Å². The van der Waals surface area contributed by atoms with Gasteiger partial charge in [0.05, 0.1) is 5.83 Å². The number of carbonyl (C=O) groups is 2. The minimum Gasteiger partial charge on any atom is -0.398 e. The van der Waals surface area contributed by atoms with Gasteiger partial charge in [-0.2, -0.15) is 0 Å². The molecule has 1 aromatic carbocycles. The summed E-state index contributed by atoms with van der Waals surface area (Å²) in [6.45, 7) is 12.1. The van der Waals surface area contributed by atoms with Crippen LogP contribution in [0.4, 0.5) is 10.1 Å². The van der Waals surface area contributed by atoms with E-state index in [0.29, 0.717) is 42.0 Å². The molecule has 0 aliphatic heterocycles. The smallest absolute Gasteiger partial charge is 0.251 e. The molecular formula is C22H33FN4O2. The Labute approximate surface area is 173 Å². The third-order valence-electron chi connectivity index (χ3n) is 4.13. The second-order valence-electron chi connectivity index (χ2n) is 6.22. The highest BCUT2D eigenvalue weighted by atomic mass is 19.1. The number of allylic oxidation sites excluding steroid dienone is 3. The minimum atomic E-state index is -0.282. The van der Waals surface area contributed by atoms with Crippen molar-refractivity contribution in [1.82, 2.24) is 10.2 Å². The average molecular weight is 405 g/mol. The van der Waals surface area contributed by atoms with Crippen LogP contribution in [-0.4, -0.2) is 42.1 Å². The van der Waals surface area contributed by atoms with Gasteiger partial charge in [-0.15, -0.1) is 6.58 Å². The Morgan fingerprint density at radius 1 is 1.31 bits per heavy atom. The van der Waals surface area contributed by atoms with E-state index >= 15 is 0 Å². The number of nitrogen functional groups attached to an aromatic ring is 1. The maximum atomic E-state index is 12.2. The Morgan fingerprint density at radius 3 is 2.38 bits per heavy atom. The summed E-state index contributed by atoms with van der Waals surface area (Å²) in [5.74, 6) is -0.383. The third-order valence-corrected chi connectivity index (χ3v) is 4.13. The molecule has 0 spiro atoms. The van der Waals surface area contributed by atoms with Gasteiger partial charge in [0.25, 0.3) is 5.91 Å². The van der Waals surface area contributed by atoms with Gasteiger partial charge in [-0.25, -0.2) is 4.39 Å². The first-order valence-corrected chi connectivity index (χ1v) is 9.64. The number of halogens is 1. The van der Waals surface area contributed by atoms with Crippen LogP contribution in [0.3, 0.4) is 0 Å². The number of nitrogens with zero attached hydrogens (tertiary/aromatic N) is 1. The number of benzene rings is 1. The molecule has 0 saturated carbocycles. The van der Waals surface area contributed by atoms with E-state index in [4.69, 9.17) is 11.1 Å². The van der Waals surface area contributed by atoms with E-state index in [1.54, 1.807) is 36.1 Å². The second kappa shape index (κ2) is 14.1. The number of amides is 2. The number of rotatable bonds is 9. The molecule has 0 saturated heterocycles. The van der Waals surface area contributed by atoms with Crippen LogP contribution in [0.1, 0.15) is 56.5 Å². The predicted octanol–water partition coefficient (Wildman–Crippen LogP) is 4.08. The summed E-state index contributed by atoms with van der Waals surface area (Å²) in [5, 5.41) is 10.7. The average Bonchev–Trinajstić information content (AvgIpc) is 2.69. The van der Waals surface area contributed by atoms with E-state index in [2.05, 4.69) is 11.9 Å². The van der Waals surface area contributed by atoms with Gasteiger partial charge in [-0.1, -0.05) is 12.2 Å². The van der Waals surface area contributed by atoms with Gasteiger partial charge < -0.3 is 21.4 Å². The number of hydrogen-bond acceptors (Lipinski definition) is 4. The quantitative estimate of drug-likeness (QED) is 0.328. The number of anilines is 1. The lowest BCUT2D eigenvalue weighted by Gasteiger charge is -2.18. The molecule has 0 aromatic heterocycles. The third kappa shape index (κ3) is 9.69. The number of hydrogen-bond donors (Lipinski definition) is 3. The Kier molecular flexibility index (Phi) is 12.7. The van der Waals surface area contributed by atoms with Crippen molar-refractivity contribution < 1.29 is 14.0 Å². The molecule has 1 rings (SSSR count). The van der Waals surface area contributed by atoms with Gasteiger partial charge in [-0.05, 0) is 45.9 Å². The molecule has 0 bridgehead atoms. The topological polar surface area (TPSA) is 99.3 Å². The van der Waals surface area contributed by atoms with Crippen molar-refractivity contribution in [3.05, 3.63) is 53.9 Å². The number of nitrogens with two attached hydrogens (primary N) is 1. The largest absolute Gasteiger partial charge is 0.398 e. The van der Waals surface area contributed by atoms with Crippen LogP contribution < -0.4 is 11.1 Å². The predicted molar refractivity (Wildman–Crippen MR) is 118 cm³/mol. The summed E-state index contributed by atoms with van der Waals surface area (Å²) in [7, 11) is 0. The molecule has 4 N–H and O–H groups in total. The van der Waals surface area contributed by atoms with Crippen LogP contribution in [0.2, 0.25) is 0 Å². The van der Waals surface area contributed by atoms with E-state index in [0.717, 1.165) is 0 Å². The summed E-state index contributed by atoms with van der Waals surface area (Å²) < 4.78 is 11.3. The van der Waals surface area contributed by atoms with Crippen molar-refractivity contribution in [2.24, 2.45) is 0 Å². The van der Waals surface area contributed by atoms with Crippen LogP contribution in [0.5, 0.6) is 0 Å². The van der Waals surface area contributed by atoms with Crippen molar-refractivity contribution in [2.45, 2.75) is 40.5 Å². The second-order valence-corrected chi connectivity index (χ2v) is 6.22. The van der Waals surface area contributed by atoms with Crippen LogP contribution >= 0.6 is 0 Å². The van der Waals surface area contributed by atoms with Gasteiger partial charge in [0.2, 0.25) is 5.91 Å². The fourth-order valence-corrected chi connectivity index (χ4v) is 2.33. The normalized spacial score (nSPS) is 10.4. The molecular weight excluding hydrogens is 371 g/mol. The zero-order valence-corrected chi connectivity index (χ0v) is 17.8. The van der Waals surface area contributed by atoms with Crippen molar-refractivity contribution in [3.8, 4) is 0 Å². The van der Waals surface area contributed by atoms with Crippen molar-refractivity contribution in [3.63, 3.8) is 0 Å². The lowest BCUT2D eigenvalue weighted by molar-refractivity contribution is -0.130. The highest BCUT2D eigenvalue weighted by Crippen LogP contribution is 2.16. The first kappa shape index (κ1) is 26.0. The summed E-state index contributed by atoms with van der Waals surface area (Å²) in [6.07, 6.45) is 3.68. The summed E-state index contributed by atoms with van der Waals surface area (Å²) in [4.78, 5) is 25.8. The van der Waals surface area contributed by atoms with Gasteiger partial charge in [0.15, 0.2) is 0 Å². The van der Waals surface area contributed by atoms with E-state index in [1.165, 1.54) is 13.0 Å². The zero-order valence-electron chi connectivity index (χ0n) is 17.8. The maximum absolute atomic E-state index is 12.2. The SMILES string of the molecule is C/C=C(\C)F.C=CCC(=N)c1cc(C(=O)NCCC(=O)N(CC)CC)ccc1N. The Bertz CT molecular complexity index is 736. The Morgan fingerprint density at radius 2 is 1.90 bits per heavy atom. The summed E-state index contributed by atoms with van der Waals surface area (Å²) >= 11 is 0. The molecule has 2 amide bonds. The monoisotopic (exact) mass is 404 g/mol. The fourth-order valence-electron chi connectivity index (χ4n) is 2.33. The maximum Gasteiger partial charge on any atom is 0.251 e. The molecule has 0 aliphatic carbocycles. The first-order valence-electron chi connectivity index (χ1n) is 9.64. The fraction of sp³-hybridized carbons (Fsp3) is 0.409. The van der Waals surface area contributed by atoms with Crippen LogP contribution in [0.15, 0.2) is 42.8 Å². The van der Waals surface area contributed by atoms with Crippen molar-refractivity contribution >= 4 is 23.2 Å². The van der Waals surface area contributed by atoms with Crippen LogP contribution in [0.25, 0.3) is 0 Å². The molecule has 29 heavy (non-hydrogen) atoms. The lowest BCUT2D eigenvalue weighted by atomic mass is 10.0. The first-order chi connectivity index (χ1) is 13.7. The van der Waals surface area contributed by atoms with Crippen LogP contribution in [-0.2, 0) is 4.79 Å². The van der Waals surface area contributed by atoms with Gasteiger partial charge in [0, 0.05) is 55.0 Å². The standard InChI is InChI=1S/C18H26N4O2.C4H7F/c1-4-7-15(19)14-12-13(8-9-16(14)20)18(24)21-11-10-17(23)22(5-2)6-3;1-3-4(2)5/h4,8-9,12,19H,1,5-7,10-11,20H2,2-3H3,(H,21,24);3H,1-2H3/b;4-3+. The molecule has 7 heteroatoms. The Hall–Kier alpha value is -2.96. The molecule has 160 valence electrons. The lowest BCUT2D eigenvalue weighted by Crippen LogP contribution is -2.34. The molecule has 0 aliphatic rings. The molecule has 0 atom stereocenters. The zero-order chi connectivity index (χ0) is 22.4. The molecule has 0 radical (unpaired) electrons. The molecule has 0 unspecified atom stereocenters. The number of carbonyl (C=O) groups excluding carboxylic acids is 2. The molecule has 1 aromatic rings. The van der Waals surface area contributed by atoms with Gasteiger partial charge >= 0.3 is 0 Å². The highest BCUT2D eigenvalue weighted by molar-refractivity contribution is 6.06. The number of nitrogens with one attached hydrogen (secondary N) is 2.